The highest BCUT2D eigenvalue weighted by Crippen LogP contribution is 2.27. The fourth-order valence-corrected chi connectivity index (χ4v) is 2.52. The average molecular weight is 429 g/mol. The van der Waals surface area contributed by atoms with Crippen LogP contribution in [0.4, 0.5) is 5.69 Å². The zero-order valence-electron chi connectivity index (χ0n) is 14.3. The summed E-state index contributed by atoms with van der Waals surface area (Å²) in [5.41, 5.74) is 3.37. The number of ether oxygens (including phenoxy) is 1. The summed E-state index contributed by atoms with van der Waals surface area (Å²) in [6, 6.07) is 11.4. The van der Waals surface area contributed by atoms with Crippen LogP contribution in [0.15, 0.2) is 47.6 Å². The highest BCUT2D eigenvalue weighted by molar-refractivity contribution is 6.35. The third-order valence-corrected chi connectivity index (χ3v) is 3.95. The standard InChI is InChI=1S/C18H16Cl3N3O3/c1-11(8-17(25)22-14-5-2-12(19)3-6-14)23-24-18(26)10-27-16-7-4-13(20)9-15(16)21/h2-7,9H,8,10H2,1H3,(H,22,25)(H,24,26)/b23-11-. The maximum atomic E-state index is 11.9. The second-order valence-corrected chi connectivity index (χ2v) is 6.76. The number of carbonyl (C=O) groups excluding carboxylic acids is 2. The molecule has 27 heavy (non-hydrogen) atoms. The van der Waals surface area contributed by atoms with E-state index in [1.807, 2.05) is 0 Å². The van der Waals surface area contributed by atoms with Crippen LogP contribution in [-0.4, -0.2) is 24.1 Å². The predicted molar refractivity (Wildman–Crippen MR) is 108 cm³/mol. The van der Waals surface area contributed by atoms with Crippen LogP contribution in [0.5, 0.6) is 5.75 Å². The summed E-state index contributed by atoms with van der Waals surface area (Å²) in [5, 5.41) is 7.92. The minimum Gasteiger partial charge on any atom is -0.482 e. The molecule has 0 atom stereocenters. The molecule has 9 heteroatoms. The number of hydrogen-bond acceptors (Lipinski definition) is 4. The van der Waals surface area contributed by atoms with E-state index in [2.05, 4.69) is 15.8 Å². The van der Waals surface area contributed by atoms with Crippen molar-refractivity contribution in [2.45, 2.75) is 13.3 Å². The molecule has 0 aliphatic heterocycles. The molecule has 0 spiro atoms. The monoisotopic (exact) mass is 427 g/mol. The highest BCUT2D eigenvalue weighted by Gasteiger charge is 2.08. The fraction of sp³-hybridized carbons (Fsp3) is 0.167. The topological polar surface area (TPSA) is 79.8 Å². The Balaban J connectivity index is 1.77. The molecule has 0 saturated carbocycles. The van der Waals surface area contributed by atoms with E-state index in [0.717, 1.165) is 0 Å². The molecule has 2 aromatic carbocycles. The molecule has 2 N–H and O–H groups in total. The van der Waals surface area contributed by atoms with Gasteiger partial charge in [0.25, 0.3) is 5.91 Å². The molecule has 142 valence electrons. The highest BCUT2D eigenvalue weighted by atomic mass is 35.5. The second-order valence-electron chi connectivity index (χ2n) is 5.48. The van der Waals surface area contributed by atoms with Crippen LogP contribution in [0.25, 0.3) is 0 Å². The summed E-state index contributed by atoms with van der Waals surface area (Å²) in [6.07, 6.45) is 0.0206. The third kappa shape index (κ3) is 7.46. The molecule has 2 amide bonds. The van der Waals surface area contributed by atoms with E-state index in [1.54, 1.807) is 43.3 Å². The van der Waals surface area contributed by atoms with Gasteiger partial charge in [-0.05, 0) is 49.4 Å². The van der Waals surface area contributed by atoms with Crippen LogP contribution in [0, 0.1) is 0 Å². The minimum absolute atomic E-state index is 0.0206. The Bertz CT molecular complexity index is 855. The van der Waals surface area contributed by atoms with Gasteiger partial charge in [-0.1, -0.05) is 34.8 Å². The van der Waals surface area contributed by atoms with Crippen LogP contribution >= 0.6 is 34.8 Å². The summed E-state index contributed by atoms with van der Waals surface area (Å²) in [7, 11) is 0. The fourth-order valence-electron chi connectivity index (χ4n) is 1.94. The number of amides is 2. The second kappa shape index (κ2) is 10.2. The molecule has 0 saturated heterocycles. The lowest BCUT2D eigenvalue weighted by Crippen LogP contribution is -2.26. The average Bonchev–Trinajstić information content (AvgIpc) is 2.61. The smallest absolute Gasteiger partial charge is 0.277 e. The first-order valence-corrected chi connectivity index (χ1v) is 8.92. The van der Waals surface area contributed by atoms with E-state index >= 15 is 0 Å². The largest absolute Gasteiger partial charge is 0.482 e. The van der Waals surface area contributed by atoms with Gasteiger partial charge in [-0.25, -0.2) is 5.43 Å². The van der Waals surface area contributed by atoms with Crippen molar-refractivity contribution < 1.29 is 14.3 Å². The Morgan fingerprint density at radius 3 is 2.33 bits per heavy atom. The molecule has 0 heterocycles. The molecule has 0 aromatic heterocycles. The molecular weight excluding hydrogens is 413 g/mol. The van der Waals surface area contributed by atoms with Gasteiger partial charge >= 0.3 is 0 Å². The van der Waals surface area contributed by atoms with Crippen LogP contribution in [0.2, 0.25) is 15.1 Å². The van der Waals surface area contributed by atoms with Crippen LogP contribution in [-0.2, 0) is 9.59 Å². The molecule has 0 bridgehead atoms. The van der Waals surface area contributed by atoms with Gasteiger partial charge in [0.05, 0.1) is 11.4 Å². The summed E-state index contributed by atoms with van der Waals surface area (Å²) in [5.74, 6) is -0.422. The molecule has 6 nitrogen and oxygen atoms in total. The van der Waals surface area contributed by atoms with E-state index in [0.29, 0.717) is 32.2 Å². The number of rotatable bonds is 7. The number of hydrogen-bond donors (Lipinski definition) is 2. The van der Waals surface area contributed by atoms with Gasteiger partial charge in [0, 0.05) is 21.4 Å². The SMILES string of the molecule is C/C(CC(=O)Nc1ccc(Cl)cc1)=N/NC(=O)COc1ccc(Cl)cc1Cl. The first kappa shape index (κ1) is 21.0. The maximum Gasteiger partial charge on any atom is 0.277 e. The first-order valence-electron chi connectivity index (χ1n) is 7.79. The maximum absolute atomic E-state index is 11.9. The van der Waals surface area contributed by atoms with Crippen LogP contribution in [0.3, 0.4) is 0 Å². The number of nitrogens with zero attached hydrogens (tertiary/aromatic N) is 1. The number of halogens is 3. The molecular formula is C18H16Cl3N3O3. The summed E-state index contributed by atoms with van der Waals surface area (Å²) < 4.78 is 5.29. The van der Waals surface area contributed by atoms with Crippen molar-refractivity contribution >= 4 is 58.0 Å². The van der Waals surface area contributed by atoms with Crippen molar-refractivity contribution in [1.29, 1.82) is 0 Å². The van der Waals surface area contributed by atoms with E-state index in [4.69, 9.17) is 39.5 Å². The van der Waals surface area contributed by atoms with Gasteiger partial charge in [-0.15, -0.1) is 0 Å². The molecule has 2 aromatic rings. The van der Waals surface area contributed by atoms with Gasteiger partial charge in [0.1, 0.15) is 5.75 Å². The quantitative estimate of drug-likeness (QED) is 0.501. The van der Waals surface area contributed by atoms with Gasteiger partial charge in [0.2, 0.25) is 5.91 Å². The molecule has 0 radical (unpaired) electrons. The van der Waals surface area contributed by atoms with Gasteiger partial charge in [0.15, 0.2) is 6.61 Å². The summed E-state index contributed by atoms with van der Waals surface area (Å²) in [4.78, 5) is 23.7. The number of benzene rings is 2. The van der Waals surface area contributed by atoms with E-state index in [-0.39, 0.29) is 18.9 Å². The first-order chi connectivity index (χ1) is 12.8. The Kier molecular flexibility index (Phi) is 7.91. The summed E-state index contributed by atoms with van der Waals surface area (Å²) >= 11 is 17.5. The summed E-state index contributed by atoms with van der Waals surface area (Å²) in [6.45, 7) is 1.34. The van der Waals surface area contributed by atoms with Crippen LogP contribution < -0.4 is 15.5 Å². The minimum atomic E-state index is -0.488. The Hall–Kier alpha value is -2.28. The van der Waals surface area contributed by atoms with Crippen molar-refractivity contribution in [2.24, 2.45) is 5.10 Å². The van der Waals surface area contributed by atoms with Crippen molar-refractivity contribution in [3.63, 3.8) is 0 Å². The van der Waals surface area contributed by atoms with E-state index in [9.17, 15) is 9.59 Å². The number of hydrazone groups is 1. The van der Waals surface area contributed by atoms with Gasteiger partial charge in [-0.3, -0.25) is 9.59 Å². The number of anilines is 1. The molecule has 0 unspecified atom stereocenters. The molecule has 0 fully saturated rings. The lowest BCUT2D eigenvalue weighted by molar-refractivity contribution is -0.123. The molecule has 2 rings (SSSR count). The Morgan fingerprint density at radius 1 is 1.00 bits per heavy atom. The van der Waals surface area contributed by atoms with Gasteiger partial charge in [-0.2, -0.15) is 5.10 Å². The lowest BCUT2D eigenvalue weighted by Gasteiger charge is -2.08. The predicted octanol–water partition coefficient (Wildman–Crippen LogP) is 4.55. The normalized spacial score (nSPS) is 11.0. The lowest BCUT2D eigenvalue weighted by atomic mass is 10.2. The van der Waals surface area contributed by atoms with Crippen LogP contribution in [0.1, 0.15) is 13.3 Å². The zero-order valence-corrected chi connectivity index (χ0v) is 16.5. The Morgan fingerprint density at radius 2 is 1.67 bits per heavy atom. The Labute approximate surface area is 171 Å². The third-order valence-electron chi connectivity index (χ3n) is 3.17. The van der Waals surface area contributed by atoms with Crippen molar-refractivity contribution in [3.05, 3.63) is 57.5 Å². The van der Waals surface area contributed by atoms with Crippen molar-refractivity contribution in [2.75, 3.05) is 11.9 Å². The van der Waals surface area contributed by atoms with E-state index in [1.165, 1.54) is 6.07 Å². The molecule has 0 aliphatic rings. The molecule has 0 aliphatic carbocycles. The van der Waals surface area contributed by atoms with E-state index < -0.39 is 5.91 Å². The van der Waals surface area contributed by atoms with Crippen molar-refractivity contribution in [3.8, 4) is 5.75 Å². The zero-order chi connectivity index (χ0) is 19.8. The number of carbonyl (C=O) groups is 2. The van der Waals surface area contributed by atoms with Crippen molar-refractivity contribution in [1.82, 2.24) is 5.43 Å². The van der Waals surface area contributed by atoms with Gasteiger partial charge < -0.3 is 10.1 Å². The number of nitrogens with one attached hydrogen (secondary N) is 2.